The second-order valence-electron chi connectivity index (χ2n) is 7.92. The number of anilines is 1. The van der Waals surface area contributed by atoms with E-state index in [0.29, 0.717) is 21.7 Å². The Morgan fingerprint density at radius 1 is 1.31 bits per heavy atom. The number of nitrogens with zero attached hydrogens (tertiary/aromatic N) is 2. The van der Waals surface area contributed by atoms with Gasteiger partial charge >= 0.3 is 0 Å². The minimum absolute atomic E-state index is 0.0704. The molecule has 0 aliphatic carbocycles. The topological polar surface area (TPSA) is 53.9 Å². The minimum atomic E-state index is -0.384. The molecule has 0 unspecified atom stereocenters. The van der Waals surface area contributed by atoms with Crippen molar-refractivity contribution in [3.05, 3.63) is 57.6 Å². The molecule has 5 nitrogen and oxygen atoms in total. The summed E-state index contributed by atoms with van der Waals surface area (Å²) in [5.41, 5.74) is 5.65. The van der Waals surface area contributed by atoms with Gasteiger partial charge in [-0.3, -0.25) is 4.79 Å². The molecule has 2 aromatic rings. The van der Waals surface area contributed by atoms with Crippen molar-refractivity contribution in [1.82, 2.24) is 5.43 Å². The number of hydrogen-bond donors (Lipinski definition) is 1. The lowest BCUT2D eigenvalue weighted by Crippen LogP contribution is -2.45. The van der Waals surface area contributed by atoms with Gasteiger partial charge in [-0.1, -0.05) is 42.3 Å². The van der Waals surface area contributed by atoms with Gasteiger partial charge in [0.05, 0.1) is 16.3 Å². The number of carbonyl (C=O) groups excluding carboxylic acids is 1. The summed E-state index contributed by atoms with van der Waals surface area (Å²) >= 11 is 12.5. The van der Waals surface area contributed by atoms with Gasteiger partial charge in [0.1, 0.15) is 5.75 Å². The van der Waals surface area contributed by atoms with Gasteiger partial charge in [0, 0.05) is 23.8 Å². The van der Waals surface area contributed by atoms with E-state index < -0.39 is 0 Å². The Morgan fingerprint density at radius 3 is 2.76 bits per heavy atom. The van der Waals surface area contributed by atoms with Crippen LogP contribution in [-0.2, 0) is 4.79 Å². The zero-order valence-corrected chi connectivity index (χ0v) is 18.5. The number of nitrogens with one attached hydrogen (secondary N) is 1. The first-order chi connectivity index (χ1) is 13.7. The molecule has 3 rings (SSSR count). The first-order valence-electron chi connectivity index (χ1n) is 9.45. The summed E-state index contributed by atoms with van der Waals surface area (Å²) in [5.74, 6) is 0.469. The number of hydrazone groups is 1. The summed E-state index contributed by atoms with van der Waals surface area (Å²) in [6, 6.07) is 11.0. The van der Waals surface area contributed by atoms with Crippen molar-refractivity contribution in [3.63, 3.8) is 0 Å². The Hall–Kier alpha value is -2.24. The van der Waals surface area contributed by atoms with E-state index in [0.717, 1.165) is 17.7 Å². The molecule has 0 spiro atoms. The van der Waals surface area contributed by atoms with Crippen molar-refractivity contribution in [2.45, 2.75) is 38.6 Å². The van der Waals surface area contributed by atoms with Crippen LogP contribution in [0.4, 0.5) is 5.69 Å². The number of halogens is 2. The van der Waals surface area contributed by atoms with Crippen LogP contribution in [0.15, 0.2) is 41.5 Å². The molecule has 0 fully saturated rings. The summed E-state index contributed by atoms with van der Waals surface area (Å²) < 4.78 is 5.40. The van der Waals surface area contributed by atoms with E-state index in [1.165, 1.54) is 5.56 Å². The average Bonchev–Trinajstić information content (AvgIpc) is 2.66. The number of amides is 1. The molecule has 1 N–H and O–H groups in total. The predicted molar refractivity (Wildman–Crippen MR) is 120 cm³/mol. The van der Waals surface area contributed by atoms with Crippen molar-refractivity contribution in [3.8, 4) is 5.75 Å². The van der Waals surface area contributed by atoms with E-state index in [1.54, 1.807) is 30.5 Å². The molecule has 0 saturated heterocycles. The largest absolute Gasteiger partial charge is 0.482 e. The number of fused-ring (bicyclic) bond motifs is 1. The monoisotopic (exact) mass is 433 g/mol. The number of rotatable bonds is 5. The molecule has 0 radical (unpaired) electrons. The van der Waals surface area contributed by atoms with E-state index in [-0.39, 0.29) is 18.1 Å². The van der Waals surface area contributed by atoms with Crippen LogP contribution in [0.2, 0.25) is 10.0 Å². The third-order valence-electron chi connectivity index (χ3n) is 5.34. The zero-order valence-electron chi connectivity index (χ0n) is 17.0. The van der Waals surface area contributed by atoms with Crippen LogP contribution in [0.3, 0.4) is 0 Å². The highest BCUT2D eigenvalue weighted by Crippen LogP contribution is 2.44. The number of benzene rings is 2. The van der Waals surface area contributed by atoms with E-state index in [9.17, 15) is 4.79 Å². The van der Waals surface area contributed by atoms with Crippen molar-refractivity contribution < 1.29 is 9.53 Å². The SMILES string of the molecule is C[C@H]1CC(C)(C)N(C)c2cc(Cl)c(/C=N/NC(=O)COc3ccccc3Cl)cc21. The van der Waals surface area contributed by atoms with Gasteiger partial charge in [-0.2, -0.15) is 5.10 Å². The number of carbonyl (C=O) groups is 1. The molecule has 7 heteroatoms. The third-order valence-corrected chi connectivity index (χ3v) is 5.98. The van der Waals surface area contributed by atoms with Crippen LogP contribution in [0.5, 0.6) is 5.75 Å². The first kappa shape index (κ1) is 21.5. The van der Waals surface area contributed by atoms with Crippen LogP contribution >= 0.6 is 23.2 Å². The Labute approximate surface area is 181 Å². The molecular formula is C22H25Cl2N3O2. The minimum Gasteiger partial charge on any atom is -0.482 e. The number of para-hydroxylation sites is 1. The van der Waals surface area contributed by atoms with E-state index in [4.69, 9.17) is 27.9 Å². The van der Waals surface area contributed by atoms with E-state index in [1.807, 2.05) is 12.1 Å². The van der Waals surface area contributed by atoms with E-state index in [2.05, 4.69) is 43.2 Å². The van der Waals surface area contributed by atoms with Crippen LogP contribution < -0.4 is 15.1 Å². The molecule has 1 aliphatic rings. The van der Waals surface area contributed by atoms with Crippen molar-refractivity contribution in [2.75, 3.05) is 18.6 Å². The van der Waals surface area contributed by atoms with Crippen LogP contribution in [-0.4, -0.2) is 31.3 Å². The maximum atomic E-state index is 12.0. The smallest absolute Gasteiger partial charge is 0.277 e. The standard InChI is InChI=1S/C22H25Cl2N3O2/c1-14-11-22(2,3)27(4)19-10-18(24)15(9-16(14)19)12-25-26-21(28)13-29-20-8-6-5-7-17(20)23/h5-10,12,14H,11,13H2,1-4H3,(H,26,28)/b25-12+/t14-/m0/s1. The van der Waals surface area contributed by atoms with Gasteiger partial charge in [0.25, 0.3) is 5.91 Å². The van der Waals surface area contributed by atoms with Gasteiger partial charge in [-0.25, -0.2) is 5.43 Å². The van der Waals surface area contributed by atoms with Crippen molar-refractivity contribution in [1.29, 1.82) is 0 Å². The molecule has 1 atom stereocenters. The number of ether oxygens (including phenoxy) is 1. The number of hydrogen-bond acceptors (Lipinski definition) is 4. The highest BCUT2D eigenvalue weighted by Gasteiger charge is 2.34. The predicted octanol–water partition coefficient (Wildman–Crippen LogP) is 5.24. The second kappa shape index (κ2) is 8.64. The molecule has 0 bridgehead atoms. The lowest BCUT2D eigenvalue weighted by Gasteiger charge is -2.45. The maximum Gasteiger partial charge on any atom is 0.277 e. The van der Waals surface area contributed by atoms with E-state index >= 15 is 0 Å². The highest BCUT2D eigenvalue weighted by molar-refractivity contribution is 6.33. The van der Waals surface area contributed by atoms with Crippen molar-refractivity contribution >= 4 is 41.0 Å². The molecule has 154 valence electrons. The Bertz CT molecular complexity index is 944. The fourth-order valence-corrected chi connectivity index (χ4v) is 4.01. The Morgan fingerprint density at radius 2 is 2.03 bits per heavy atom. The van der Waals surface area contributed by atoms with Gasteiger partial charge in [-0.15, -0.1) is 0 Å². The van der Waals surface area contributed by atoms with Gasteiger partial charge in [0.15, 0.2) is 6.61 Å². The van der Waals surface area contributed by atoms with Gasteiger partial charge < -0.3 is 9.64 Å². The first-order valence-corrected chi connectivity index (χ1v) is 10.2. The molecule has 0 aromatic heterocycles. The highest BCUT2D eigenvalue weighted by atomic mass is 35.5. The second-order valence-corrected chi connectivity index (χ2v) is 8.74. The lowest BCUT2D eigenvalue weighted by atomic mass is 9.80. The summed E-state index contributed by atoms with van der Waals surface area (Å²) in [6.45, 7) is 6.50. The normalized spacial score (nSPS) is 17.9. The van der Waals surface area contributed by atoms with Crippen LogP contribution in [0.1, 0.15) is 44.2 Å². The molecule has 29 heavy (non-hydrogen) atoms. The third kappa shape index (κ3) is 4.85. The quantitative estimate of drug-likeness (QED) is 0.517. The zero-order chi connectivity index (χ0) is 21.2. The Kier molecular flexibility index (Phi) is 6.39. The van der Waals surface area contributed by atoms with Crippen molar-refractivity contribution in [2.24, 2.45) is 5.10 Å². The average molecular weight is 434 g/mol. The summed E-state index contributed by atoms with van der Waals surface area (Å²) in [6.07, 6.45) is 2.60. The fourth-order valence-electron chi connectivity index (χ4n) is 3.61. The fraction of sp³-hybridized carbons (Fsp3) is 0.364. The van der Waals surface area contributed by atoms with Gasteiger partial charge in [0.2, 0.25) is 0 Å². The molecule has 1 amide bonds. The molecular weight excluding hydrogens is 409 g/mol. The van der Waals surface area contributed by atoms with Crippen LogP contribution in [0.25, 0.3) is 0 Å². The summed E-state index contributed by atoms with van der Waals surface area (Å²) in [5, 5.41) is 5.06. The maximum absolute atomic E-state index is 12.0. The molecule has 1 heterocycles. The lowest BCUT2D eigenvalue weighted by molar-refractivity contribution is -0.123. The van der Waals surface area contributed by atoms with Crippen LogP contribution in [0, 0.1) is 0 Å². The molecule has 2 aromatic carbocycles. The Balaban J connectivity index is 1.66. The molecule has 0 saturated carbocycles. The summed E-state index contributed by atoms with van der Waals surface area (Å²) in [4.78, 5) is 14.2. The molecule has 1 aliphatic heterocycles. The summed E-state index contributed by atoms with van der Waals surface area (Å²) in [7, 11) is 2.09. The van der Waals surface area contributed by atoms with Gasteiger partial charge in [-0.05, 0) is 56.0 Å².